The molecular formula is C17H28FN3O2S. The van der Waals surface area contributed by atoms with E-state index >= 15 is 0 Å². The Hall–Kier alpha value is -1.63. The van der Waals surface area contributed by atoms with Crippen molar-refractivity contribution in [2.75, 3.05) is 25.6 Å². The standard InChI is InChI=1S/C17H28FN3O2S/c1-13(10-11-24(5,22)23)21-16(19-4)20-12-17(2,3)14-8-6-7-9-15(14)18/h6-9,13H,10-12H2,1-5H3,(H2,19,20,21). The highest BCUT2D eigenvalue weighted by molar-refractivity contribution is 7.90. The molecule has 0 saturated heterocycles. The predicted octanol–water partition coefficient (Wildman–Crippen LogP) is 2.09. The molecule has 1 atom stereocenters. The van der Waals surface area contributed by atoms with E-state index in [9.17, 15) is 12.8 Å². The first-order valence-electron chi connectivity index (χ1n) is 7.95. The van der Waals surface area contributed by atoms with Crippen LogP contribution in [0.1, 0.15) is 32.8 Å². The van der Waals surface area contributed by atoms with Crippen LogP contribution in [-0.4, -0.2) is 46.0 Å². The van der Waals surface area contributed by atoms with Crippen molar-refractivity contribution in [1.29, 1.82) is 0 Å². The second kappa shape index (κ2) is 8.46. The fraction of sp³-hybridized carbons (Fsp3) is 0.588. The highest BCUT2D eigenvalue weighted by Gasteiger charge is 2.24. The number of nitrogens with zero attached hydrogens (tertiary/aromatic N) is 1. The summed E-state index contributed by atoms with van der Waals surface area (Å²) >= 11 is 0. The number of aliphatic imine (C=N–C) groups is 1. The molecule has 0 aliphatic heterocycles. The van der Waals surface area contributed by atoms with Gasteiger partial charge in [0.25, 0.3) is 0 Å². The molecule has 1 rings (SSSR count). The van der Waals surface area contributed by atoms with Gasteiger partial charge in [0.2, 0.25) is 0 Å². The van der Waals surface area contributed by atoms with Crippen molar-refractivity contribution in [2.45, 2.75) is 38.6 Å². The first kappa shape index (κ1) is 20.4. The van der Waals surface area contributed by atoms with Crippen molar-refractivity contribution in [2.24, 2.45) is 4.99 Å². The molecule has 136 valence electrons. The fourth-order valence-corrected chi connectivity index (χ4v) is 3.08. The van der Waals surface area contributed by atoms with E-state index in [0.29, 0.717) is 24.5 Å². The van der Waals surface area contributed by atoms with Gasteiger partial charge in [0.1, 0.15) is 15.7 Å². The Morgan fingerprint density at radius 3 is 2.50 bits per heavy atom. The van der Waals surface area contributed by atoms with Gasteiger partial charge in [0, 0.05) is 31.3 Å². The van der Waals surface area contributed by atoms with Gasteiger partial charge in [-0.05, 0) is 25.0 Å². The van der Waals surface area contributed by atoms with Crippen LogP contribution in [0.25, 0.3) is 0 Å². The molecule has 0 saturated carbocycles. The van der Waals surface area contributed by atoms with Crippen LogP contribution < -0.4 is 10.6 Å². The number of rotatable bonds is 7. The second-order valence-electron chi connectivity index (χ2n) is 6.75. The van der Waals surface area contributed by atoms with Crippen molar-refractivity contribution >= 4 is 15.8 Å². The summed E-state index contributed by atoms with van der Waals surface area (Å²) in [4.78, 5) is 4.14. The molecular weight excluding hydrogens is 329 g/mol. The average molecular weight is 357 g/mol. The van der Waals surface area contributed by atoms with E-state index < -0.39 is 15.3 Å². The zero-order valence-corrected chi connectivity index (χ0v) is 15.9. The smallest absolute Gasteiger partial charge is 0.191 e. The number of guanidine groups is 1. The summed E-state index contributed by atoms with van der Waals surface area (Å²) in [6.45, 7) is 6.31. The lowest BCUT2D eigenvalue weighted by atomic mass is 9.84. The molecule has 2 N–H and O–H groups in total. The van der Waals surface area contributed by atoms with Crippen LogP contribution in [0.5, 0.6) is 0 Å². The molecule has 0 heterocycles. The molecule has 0 amide bonds. The highest BCUT2D eigenvalue weighted by Crippen LogP contribution is 2.24. The Labute approximate surface area is 144 Å². The van der Waals surface area contributed by atoms with Crippen LogP contribution in [0.15, 0.2) is 29.3 Å². The first-order chi connectivity index (χ1) is 11.0. The molecule has 1 aromatic carbocycles. The predicted molar refractivity (Wildman–Crippen MR) is 97.7 cm³/mol. The first-order valence-corrected chi connectivity index (χ1v) is 10.0. The number of sulfone groups is 1. The maximum absolute atomic E-state index is 14.0. The third-order valence-electron chi connectivity index (χ3n) is 3.83. The quantitative estimate of drug-likeness (QED) is 0.579. The zero-order valence-electron chi connectivity index (χ0n) is 15.1. The van der Waals surface area contributed by atoms with Gasteiger partial charge in [0.15, 0.2) is 5.96 Å². The molecule has 0 fully saturated rings. The number of hydrogen-bond donors (Lipinski definition) is 2. The van der Waals surface area contributed by atoms with E-state index in [4.69, 9.17) is 0 Å². The molecule has 0 aromatic heterocycles. The lowest BCUT2D eigenvalue weighted by Crippen LogP contribution is -2.46. The van der Waals surface area contributed by atoms with Gasteiger partial charge in [-0.25, -0.2) is 12.8 Å². The van der Waals surface area contributed by atoms with Crippen LogP contribution >= 0.6 is 0 Å². The third kappa shape index (κ3) is 6.86. The molecule has 7 heteroatoms. The van der Waals surface area contributed by atoms with Gasteiger partial charge in [0.05, 0.1) is 5.75 Å². The molecule has 0 bridgehead atoms. The Balaban J connectivity index is 2.62. The van der Waals surface area contributed by atoms with Crippen LogP contribution in [-0.2, 0) is 15.3 Å². The van der Waals surface area contributed by atoms with E-state index in [1.165, 1.54) is 12.3 Å². The lowest BCUT2D eigenvalue weighted by molar-refractivity contribution is 0.470. The summed E-state index contributed by atoms with van der Waals surface area (Å²) in [5, 5.41) is 6.34. The Kier molecular flexibility index (Phi) is 7.20. The van der Waals surface area contributed by atoms with E-state index in [1.807, 2.05) is 26.8 Å². The molecule has 0 aliphatic rings. The molecule has 0 spiro atoms. The Morgan fingerprint density at radius 2 is 1.96 bits per heavy atom. The van der Waals surface area contributed by atoms with E-state index in [-0.39, 0.29) is 17.6 Å². The monoisotopic (exact) mass is 357 g/mol. The van der Waals surface area contributed by atoms with Crippen molar-refractivity contribution in [3.05, 3.63) is 35.6 Å². The van der Waals surface area contributed by atoms with Gasteiger partial charge in [-0.15, -0.1) is 0 Å². The third-order valence-corrected chi connectivity index (χ3v) is 4.81. The molecule has 0 aliphatic carbocycles. The minimum Gasteiger partial charge on any atom is -0.356 e. The summed E-state index contributed by atoms with van der Waals surface area (Å²) < 4.78 is 36.4. The number of nitrogens with one attached hydrogen (secondary N) is 2. The maximum Gasteiger partial charge on any atom is 0.191 e. The largest absolute Gasteiger partial charge is 0.356 e. The maximum atomic E-state index is 14.0. The average Bonchev–Trinajstić information content (AvgIpc) is 2.49. The second-order valence-corrected chi connectivity index (χ2v) is 9.01. The molecule has 1 unspecified atom stereocenters. The summed E-state index contributed by atoms with van der Waals surface area (Å²) in [5.41, 5.74) is 0.219. The van der Waals surface area contributed by atoms with Gasteiger partial charge in [-0.1, -0.05) is 32.0 Å². The number of halogens is 1. The summed E-state index contributed by atoms with van der Waals surface area (Å²) in [5.74, 6) is 0.466. The molecule has 1 aromatic rings. The summed E-state index contributed by atoms with van der Waals surface area (Å²) in [6, 6.07) is 6.69. The number of hydrogen-bond acceptors (Lipinski definition) is 3. The van der Waals surface area contributed by atoms with Crippen molar-refractivity contribution in [3.8, 4) is 0 Å². The summed E-state index contributed by atoms with van der Waals surface area (Å²) in [6.07, 6.45) is 1.72. The molecule has 0 radical (unpaired) electrons. The van der Waals surface area contributed by atoms with Crippen molar-refractivity contribution in [1.82, 2.24) is 10.6 Å². The van der Waals surface area contributed by atoms with Gasteiger partial charge >= 0.3 is 0 Å². The zero-order chi connectivity index (χ0) is 18.4. The van der Waals surface area contributed by atoms with Gasteiger partial charge in [-0.3, -0.25) is 4.99 Å². The van der Waals surface area contributed by atoms with Gasteiger partial charge in [-0.2, -0.15) is 0 Å². The van der Waals surface area contributed by atoms with Crippen molar-refractivity contribution in [3.63, 3.8) is 0 Å². The van der Waals surface area contributed by atoms with Crippen molar-refractivity contribution < 1.29 is 12.8 Å². The summed E-state index contributed by atoms with van der Waals surface area (Å²) in [7, 11) is -1.33. The van der Waals surface area contributed by atoms with E-state index in [2.05, 4.69) is 15.6 Å². The van der Waals surface area contributed by atoms with Crippen LogP contribution in [0, 0.1) is 5.82 Å². The Bertz CT molecular complexity index is 672. The number of benzene rings is 1. The van der Waals surface area contributed by atoms with Crippen LogP contribution in [0.3, 0.4) is 0 Å². The van der Waals surface area contributed by atoms with Crippen LogP contribution in [0.2, 0.25) is 0 Å². The molecule has 24 heavy (non-hydrogen) atoms. The van der Waals surface area contributed by atoms with E-state index in [1.54, 1.807) is 19.2 Å². The normalized spacial score (nSPS) is 14.3. The Morgan fingerprint density at radius 1 is 1.33 bits per heavy atom. The highest BCUT2D eigenvalue weighted by atomic mass is 32.2. The van der Waals surface area contributed by atoms with E-state index in [0.717, 1.165) is 0 Å². The van der Waals surface area contributed by atoms with Gasteiger partial charge < -0.3 is 10.6 Å². The minimum atomic E-state index is -2.98. The topological polar surface area (TPSA) is 70.6 Å². The fourth-order valence-electron chi connectivity index (χ4n) is 2.30. The van der Waals surface area contributed by atoms with Crippen LogP contribution in [0.4, 0.5) is 4.39 Å². The SMILES string of the molecule is CN=C(NCC(C)(C)c1ccccc1F)NC(C)CCS(C)(=O)=O. The lowest BCUT2D eigenvalue weighted by Gasteiger charge is -2.28. The minimum absolute atomic E-state index is 0.0394. The molecule has 5 nitrogen and oxygen atoms in total.